The molecule has 4 aliphatic rings. The lowest BCUT2D eigenvalue weighted by atomic mass is 9.64. The Morgan fingerprint density at radius 3 is 2.28 bits per heavy atom. The number of nitrogens with two attached hydrogens (primary N) is 1. The van der Waals surface area contributed by atoms with Gasteiger partial charge in [-0.25, -0.2) is 8.78 Å². The van der Waals surface area contributed by atoms with Gasteiger partial charge in [-0.05, 0) is 37.0 Å². The van der Waals surface area contributed by atoms with E-state index in [4.69, 9.17) is 5.73 Å². The van der Waals surface area contributed by atoms with E-state index in [-0.39, 0.29) is 19.3 Å². The van der Waals surface area contributed by atoms with Crippen molar-refractivity contribution in [1.29, 1.82) is 5.26 Å². The van der Waals surface area contributed by atoms with Crippen molar-refractivity contribution in [2.24, 2.45) is 46.7 Å². The molecule has 4 N–H and O–H groups in total. The molecule has 4 amide bonds. The van der Waals surface area contributed by atoms with Gasteiger partial charge in [0.25, 0.3) is 5.92 Å². The first-order chi connectivity index (χ1) is 17.9. The molecule has 4 rings (SSSR count). The molecule has 0 aromatic rings. The molecule has 2 bridgehead atoms. The van der Waals surface area contributed by atoms with Crippen molar-refractivity contribution in [2.75, 3.05) is 13.1 Å². The van der Waals surface area contributed by atoms with Crippen LogP contribution in [0.3, 0.4) is 0 Å². The fourth-order valence-electron chi connectivity index (χ4n) is 7.57. The number of nitriles is 1. The van der Waals surface area contributed by atoms with Gasteiger partial charge in [-0.15, -0.1) is 0 Å². The number of hydrogen-bond acceptors (Lipinski definition) is 5. The predicted molar refractivity (Wildman–Crippen MR) is 124 cm³/mol. The van der Waals surface area contributed by atoms with Gasteiger partial charge >= 0.3 is 12.1 Å². The monoisotopic (exact) mass is 561 g/mol. The number of carbonyl (C=O) groups is 4. The molecule has 2 heterocycles. The second kappa shape index (κ2) is 9.30. The van der Waals surface area contributed by atoms with Crippen LogP contribution in [-0.4, -0.2) is 65.3 Å². The Morgan fingerprint density at radius 2 is 1.79 bits per heavy atom. The van der Waals surface area contributed by atoms with Gasteiger partial charge in [-0.2, -0.15) is 18.4 Å². The third kappa shape index (κ3) is 4.32. The van der Waals surface area contributed by atoms with Crippen molar-refractivity contribution in [1.82, 2.24) is 15.5 Å². The maximum absolute atomic E-state index is 15.4. The summed E-state index contributed by atoms with van der Waals surface area (Å²) in [6, 6.07) is 0.131. The summed E-state index contributed by atoms with van der Waals surface area (Å²) in [6.45, 7) is 4.07. The first-order valence-electron chi connectivity index (χ1n) is 12.9. The molecular weight excluding hydrogens is 529 g/mol. The van der Waals surface area contributed by atoms with Crippen LogP contribution in [0.5, 0.6) is 0 Å². The van der Waals surface area contributed by atoms with Crippen molar-refractivity contribution >= 4 is 23.6 Å². The minimum Gasteiger partial charge on any atom is -0.368 e. The summed E-state index contributed by atoms with van der Waals surface area (Å²) in [6.07, 6.45) is -5.13. The van der Waals surface area contributed by atoms with E-state index in [1.165, 1.54) is 20.8 Å². The van der Waals surface area contributed by atoms with E-state index in [1.807, 2.05) is 6.07 Å². The molecular formula is C25H32F5N5O4. The number of carbonyl (C=O) groups excluding carboxylic acids is 4. The van der Waals surface area contributed by atoms with Crippen molar-refractivity contribution < 1.29 is 41.1 Å². The average Bonchev–Trinajstić information content (AvgIpc) is 3.52. The number of fused-ring (bicyclic) bond motifs is 5. The predicted octanol–water partition coefficient (Wildman–Crippen LogP) is 1.72. The van der Waals surface area contributed by atoms with Crippen LogP contribution in [0.2, 0.25) is 0 Å². The SMILES string of the molecule is CC(C)(C)[C@H](NC(=O)C(F)(F)F)C(=O)N1CC2C3CCC(C2C1(C(N)=O)[C@@H](C#N)C[C@H]1CCNC1=O)C3(F)F. The standard InChI is InChI=1S/C25H32F5N5O4/c1-22(2,3)17(34-21(39)25(28,29)30)19(37)35-10-13-14-4-5-15(24(14,26)27)16(13)23(35,20(32)38)12(9-31)8-11-6-7-33-18(11)36/h11-17H,4-8,10H2,1-3H3,(H2,32,38)(H,33,36)(H,34,39)/t11-,12-,13?,14?,15?,16?,17-,23?/m1/s1. The summed E-state index contributed by atoms with van der Waals surface area (Å²) >= 11 is 0. The zero-order chi connectivity index (χ0) is 29.3. The number of likely N-dealkylation sites (tertiary alicyclic amines) is 1. The Balaban J connectivity index is 1.85. The van der Waals surface area contributed by atoms with E-state index in [2.05, 4.69) is 5.32 Å². The number of nitrogens with one attached hydrogen (secondary N) is 2. The smallest absolute Gasteiger partial charge is 0.368 e. The summed E-state index contributed by atoms with van der Waals surface area (Å²) in [5.41, 5.74) is 2.29. The van der Waals surface area contributed by atoms with Gasteiger partial charge in [-0.1, -0.05) is 20.8 Å². The molecule has 2 aliphatic carbocycles. The Morgan fingerprint density at radius 1 is 1.18 bits per heavy atom. The van der Waals surface area contributed by atoms with Gasteiger partial charge in [0.2, 0.25) is 17.7 Å². The van der Waals surface area contributed by atoms with Gasteiger partial charge < -0.3 is 21.3 Å². The molecule has 0 aromatic carbocycles. The van der Waals surface area contributed by atoms with Crippen LogP contribution in [0, 0.1) is 52.3 Å². The van der Waals surface area contributed by atoms with Crippen molar-refractivity contribution in [2.45, 2.75) is 70.1 Å². The topological polar surface area (TPSA) is 145 Å². The number of alkyl halides is 5. The number of amides is 4. The van der Waals surface area contributed by atoms with Gasteiger partial charge in [0.1, 0.15) is 11.6 Å². The van der Waals surface area contributed by atoms with Gasteiger partial charge in [0, 0.05) is 36.8 Å². The Labute approximate surface area is 222 Å². The van der Waals surface area contributed by atoms with Gasteiger partial charge in [0.15, 0.2) is 0 Å². The number of rotatable bonds is 6. The number of primary amides is 1. The molecule has 2 saturated heterocycles. The maximum atomic E-state index is 15.4. The molecule has 0 radical (unpaired) electrons. The van der Waals surface area contributed by atoms with Crippen LogP contribution >= 0.6 is 0 Å². The molecule has 2 saturated carbocycles. The largest absolute Gasteiger partial charge is 0.471 e. The quantitative estimate of drug-likeness (QED) is 0.423. The molecule has 216 valence electrons. The fourth-order valence-corrected chi connectivity index (χ4v) is 7.57. The van der Waals surface area contributed by atoms with Crippen molar-refractivity contribution in [3.8, 4) is 6.07 Å². The first-order valence-corrected chi connectivity index (χ1v) is 12.9. The zero-order valence-corrected chi connectivity index (χ0v) is 21.8. The highest BCUT2D eigenvalue weighted by atomic mass is 19.4. The summed E-state index contributed by atoms with van der Waals surface area (Å²) in [5, 5.41) is 14.6. The summed E-state index contributed by atoms with van der Waals surface area (Å²) in [4.78, 5) is 52.7. The van der Waals surface area contributed by atoms with Crippen LogP contribution in [0.4, 0.5) is 22.0 Å². The minimum absolute atomic E-state index is 0.0193. The lowest BCUT2D eigenvalue weighted by molar-refractivity contribution is -0.177. The Bertz CT molecular complexity index is 1120. The first kappa shape index (κ1) is 29.0. The van der Waals surface area contributed by atoms with Crippen LogP contribution in [0.15, 0.2) is 0 Å². The van der Waals surface area contributed by atoms with Gasteiger partial charge in [0.05, 0.1) is 12.0 Å². The molecule has 4 fully saturated rings. The molecule has 9 nitrogen and oxygen atoms in total. The molecule has 0 aromatic heterocycles. The molecule has 0 spiro atoms. The fraction of sp³-hybridized carbons (Fsp3) is 0.800. The molecule has 39 heavy (non-hydrogen) atoms. The maximum Gasteiger partial charge on any atom is 0.471 e. The lowest BCUT2D eigenvalue weighted by Crippen LogP contribution is -2.68. The zero-order valence-electron chi connectivity index (χ0n) is 21.8. The van der Waals surface area contributed by atoms with Gasteiger partial charge in [-0.3, -0.25) is 19.2 Å². The van der Waals surface area contributed by atoms with E-state index in [1.54, 1.807) is 5.32 Å². The molecule has 14 heteroatoms. The second-order valence-electron chi connectivity index (χ2n) is 12.3. The highest BCUT2D eigenvalue weighted by Gasteiger charge is 2.78. The van der Waals surface area contributed by atoms with Crippen LogP contribution < -0.4 is 16.4 Å². The van der Waals surface area contributed by atoms with Crippen molar-refractivity contribution in [3.05, 3.63) is 0 Å². The molecule has 5 unspecified atom stereocenters. The summed E-state index contributed by atoms with van der Waals surface area (Å²) in [5.74, 6) is -15.3. The van der Waals surface area contributed by atoms with Crippen LogP contribution in [0.25, 0.3) is 0 Å². The Hall–Kier alpha value is -2.98. The molecule has 8 atom stereocenters. The highest BCUT2D eigenvalue weighted by Crippen LogP contribution is 2.68. The second-order valence-corrected chi connectivity index (χ2v) is 12.3. The number of hydrogen-bond donors (Lipinski definition) is 3. The van der Waals surface area contributed by atoms with E-state index >= 15 is 8.78 Å². The van der Waals surface area contributed by atoms with E-state index in [9.17, 15) is 37.6 Å². The summed E-state index contributed by atoms with van der Waals surface area (Å²) in [7, 11) is 0. The number of nitrogens with zero attached hydrogens (tertiary/aromatic N) is 2. The average molecular weight is 562 g/mol. The third-order valence-corrected chi connectivity index (χ3v) is 9.21. The third-order valence-electron chi connectivity index (χ3n) is 9.21. The van der Waals surface area contributed by atoms with E-state index < -0.39 is 94.8 Å². The molecule has 2 aliphatic heterocycles. The van der Waals surface area contributed by atoms with E-state index in [0.29, 0.717) is 13.0 Å². The lowest BCUT2D eigenvalue weighted by Gasteiger charge is -2.47. The van der Waals surface area contributed by atoms with E-state index in [0.717, 1.165) is 4.90 Å². The van der Waals surface area contributed by atoms with Crippen LogP contribution in [0.1, 0.15) is 46.5 Å². The normalized spacial score (nSPS) is 34.7. The Kier molecular flexibility index (Phi) is 6.92. The summed E-state index contributed by atoms with van der Waals surface area (Å²) < 4.78 is 70.2. The van der Waals surface area contributed by atoms with Crippen LogP contribution in [-0.2, 0) is 19.2 Å². The number of halogens is 5. The highest BCUT2D eigenvalue weighted by molar-refractivity contribution is 5.96. The minimum atomic E-state index is -5.32. The van der Waals surface area contributed by atoms with Crippen molar-refractivity contribution in [3.63, 3.8) is 0 Å².